The summed E-state index contributed by atoms with van der Waals surface area (Å²) in [6.45, 7) is 0. The van der Waals surface area contributed by atoms with E-state index in [1.807, 2.05) is 0 Å². The van der Waals surface area contributed by atoms with Crippen molar-refractivity contribution in [3.8, 4) is 0 Å². The summed E-state index contributed by atoms with van der Waals surface area (Å²) in [7, 11) is 2.13. The number of carbonyl (C=O) groups is 1. The van der Waals surface area contributed by atoms with Crippen molar-refractivity contribution in [2.24, 2.45) is 0 Å². The standard InChI is InChI=1S/C11H13FO4/c1-15-9(12)11(14,10(13)16-2)8-6-4-3-5-7-8/h3-7,9,14H,1-2H3. The number of rotatable bonds is 4. The van der Waals surface area contributed by atoms with Crippen LogP contribution in [0, 0.1) is 0 Å². The number of carbonyl (C=O) groups excluding carboxylic acids is 1. The summed E-state index contributed by atoms with van der Waals surface area (Å²) >= 11 is 0. The zero-order valence-electron chi connectivity index (χ0n) is 9.01. The number of benzene rings is 1. The molecule has 16 heavy (non-hydrogen) atoms. The molecule has 0 amide bonds. The predicted molar refractivity (Wildman–Crippen MR) is 54.3 cm³/mol. The summed E-state index contributed by atoms with van der Waals surface area (Å²) in [5, 5.41) is 10.0. The third-order valence-corrected chi connectivity index (χ3v) is 2.25. The van der Waals surface area contributed by atoms with Crippen LogP contribution in [0.25, 0.3) is 0 Å². The molecule has 0 saturated heterocycles. The van der Waals surface area contributed by atoms with Crippen LogP contribution in [-0.2, 0) is 19.9 Å². The minimum atomic E-state index is -2.44. The topological polar surface area (TPSA) is 55.8 Å². The van der Waals surface area contributed by atoms with Gasteiger partial charge in [-0.2, -0.15) is 0 Å². The molecule has 2 unspecified atom stereocenters. The van der Waals surface area contributed by atoms with E-state index in [0.29, 0.717) is 0 Å². The fourth-order valence-corrected chi connectivity index (χ4v) is 1.36. The Balaban J connectivity index is 3.20. The average Bonchev–Trinajstić information content (AvgIpc) is 2.36. The molecule has 0 radical (unpaired) electrons. The van der Waals surface area contributed by atoms with Gasteiger partial charge in [0, 0.05) is 12.7 Å². The molecular formula is C11H13FO4. The molecule has 1 N–H and O–H groups in total. The largest absolute Gasteiger partial charge is 0.466 e. The normalized spacial score (nSPS) is 16.2. The van der Waals surface area contributed by atoms with E-state index in [1.54, 1.807) is 18.2 Å². The van der Waals surface area contributed by atoms with Gasteiger partial charge < -0.3 is 14.6 Å². The highest BCUT2D eigenvalue weighted by Gasteiger charge is 2.48. The van der Waals surface area contributed by atoms with Gasteiger partial charge in [0.15, 0.2) is 0 Å². The third kappa shape index (κ3) is 2.05. The van der Waals surface area contributed by atoms with Crippen molar-refractivity contribution in [3.05, 3.63) is 35.9 Å². The Labute approximate surface area is 92.6 Å². The number of aliphatic hydroxyl groups is 1. The molecule has 0 spiro atoms. The molecule has 0 aliphatic heterocycles. The Morgan fingerprint density at radius 3 is 2.38 bits per heavy atom. The van der Waals surface area contributed by atoms with Crippen molar-refractivity contribution in [1.29, 1.82) is 0 Å². The van der Waals surface area contributed by atoms with E-state index >= 15 is 0 Å². The Morgan fingerprint density at radius 2 is 1.94 bits per heavy atom. The molecule has 1 aromatic carbocycles. The van der Waals surface area contributed by atoms with Crippen LogP contribution >= 0.6 is 0 Å². The van der Waals surface area contributed by atoms with Gasteiger partial charge in [0.2, 0.25) is 12.0 Å². The zero-order chi connectivity index (χ0) is 12.2. The minimum absolute atomic E-state index is 0.0798. The highest BCUT2D eigenvalue weighted by atomic mass is 19.1. The van der Waals surface area contributed by atoms with Crippen LogP contribution in [-0.4, -0.2) is 31.7 Å². The van der Waals surface area contributed by atoms with Gasteiger partial charge in [-0.15, -0.1) is 0 Å². The van der Waals surface area contributed by atoms with Crippen molar-refractivity contribution < 1.29 is 23.8 Å². The maximum absolute atomic E-state index is 13.5. The van der Waals surface area contributed by atoms with Gasteiger partial charge in [-0.25, -0.2) is 9.18 Å². The van der Waals surface area contributed by atoms with Crippen molar-refractivity contribution in [1.82, 2.24) is 0 Å². The molecule has 1 rings (SSSR count). The van der Waals surface area contributed by atoms with Crippen molar-refractivity contribution >= 4 is 5.97 Å². The SMILES string of the molecule is COC(=O)C(O)(c1ccccc1)C(F)OC. The first-order valence-electron chi connectivity index (χ1n) is 4.60. The molecule has 5 heteroatoms. The van der Waals surface area contributed by atoms with Crippen molar-refractivity contribution in [3.63, 3.8) is 0 Å². The Bertz CT molecular complexity index is 354. The second-order valence-corrected chi connectivity index (χ2v) is 3.18. The molecule has 1 aromatic rings. The summed E-state index contributed by atoms with van der Waals surface area (Å²) in [6.07, 6.45) is -2.19. The number of ether oxygens (including phenoxy) is 2. The van der Waals surface area contributed by atoms with E-state index in [4.69, 9.17) is 0 Å². The quantitative estimate of drug-likeness (QED) is 0.781. The Hall–Kier alpha value is -1.46. The molecule has 4 nitrogen and oxygen atoms in total. The second kappa shape index (κ2) is 5.05. The predicted octanol–water partition coefficient (Wildman–Crippen LogP) is 0.989. The van der Waals surface area contributed by atoms with E-state index < -0.39 is 17.9 Å². The van der Waals surface area contributed by atoms with Gasteiger partial charge in [0.1, 0.15) is 0 Å². The van der Waals surface area contributed by atoms with E-state index in [9.17, 15) is 14.3 Å². The summed E-state index contributed by atoms with van der Waals surface area (Å²) in [6, 6.07) is 7.67. The molecule has 2 atom stereocenters. The molecule has 88 valence electrons. The first kappa shape index (κ1) is 12.6. The first-order valence-corrected chi connectivity index (χ1v) is 4.60. The molecule has 0 bridgehead atoms. The van der Waals surface area contributed by atoms with Gasteiger partial charge in [-0.05, 0) is 0 Å². The molecule has 0 heterocycles. The number of halogens is 1. The van der Waals surface area contributed by atoms with Gasteiger partial charge in [-0.1, -0.05) is 30.3 Å². The molecule has 0 saturated carbocycles. The van der Waals surface area contributed by atoms with Crippen LogP contribution in [0.4, 0.5) is 4.39 Å². The second-order valence-electron chi connectivity index (χ2n) is 3.18. The lowest BCUT2D eigenvalue weighted by Crippen LogP contribution is -2.46. The molecule has 0 aliphatic carbocycles. The molecule has 0 aromatic heterocycles. The first-order chi connectivity index (χ1) is 7.57. The molecule has 0 aliphatic rings. The lowest BCUT2D eigenvalue weighted by Gasteiger charge is -2.27. The van der Waals surface area contributed by atoms with Gasteiger partial charge in [-0.3, -0.25) is 0 Å². The third-order valence-electron chi connectivity index (χ3n) is 2.25. The van der Waals surface area contributed by atoms with Crippen LogP contribution in [0.5, 0.6) is 0 Å². The Morgan fingerprint density at radius 1 is 1.38 bits per heavy atom. The van der Waals surface area contributed by atoms with Gasteiger partial charge in [0.25, 0.3) is 0 Å². The lowest BCUT2D eigenvalue weighted by atomic mass is 9.94. The summed E-state index contributed by atoms with van der Waals surface area (Å²) < 4.78 is 22.3. The van der Waals surface area contributed by atoms with E-state index in [1.165, 1.54) is 12.1 Å². The van der Waals surface area contributed by atoms with Crippen LogP contribution in [0.15, 0.2) is 30.3 Å². The van der Waals surface area contributed by atoms with Crippen molar-refractivity contribution in [2.75, 3.05) is 14.2 Å². The summed E-state index contributed by atoms with van der Waals surface area (Å²) in [5.41, 5.74) is -2.36. The monoisotopic (exact) mass is 228 g/mol. The zero-order valence-corrected chi connectivity index (χ0v) is 9.01. The maximum Gasteiger partial charge on any atom is 0.348 e. The van der Waals surface area contributed by atoms with E-state index in [0.717, 1.165) is 14.2 Å². The minimum Gasteiger partial charge on any atom is -0.466 e. The van der Waals surface area contributed by atoms with Gasteiger partial charge >= 0.3 is 5.97 Å². The summed E-state index contributed by atoms with van der Waals surface area (Å²) in [4.78, 5) is 11.4. The number of hydrogen-bond donors (Lipinski definition) is 1. The highest BCUT2D eigenvalue weighted by molar-refractivity contribution is 5.81. The summed E-state index contributed by atoms with van der Waals surface area (Å²) in [5.74, 6) is -1.10. The van der Waals surface area contributed by atoms with Crippen molar-refractivity contribution in [2.45, 2.75) is 12.0 Å². The smallest absolute Gasteiger partial charge is 0.348 e. The van der Waals surface area contributed by atoms with Crippen LogP contribution in [0.3, 0.4) is 0 Å². The lowest BCUT2D eigenvalue weighted by molar-refractivity contribution is -0.200. The van der Waals surface area contributed by atoms with E-state index in [2.05, 4.69) is 9.47 Å². The Kier molecular flexibility index (Phi) is 3.98. The fourth-order valence-electron chi connectivity index (χ4n) is 1.36. The fraction of sp³-hybridized carbons (Fsp3) is 0.364. The molecule has 0 fully saturated rings. The average molecular weight is 228 g/mol. The maximum atomic E-state index is 13.5. The van der Waals surface area contributed by atoms with Crippen LogP contribution < -0.4 is 0 Å². The number of alkyl halides is 1. The van der Waals surface area contributed by atoms with Crippen LogP contribution in [0.1, 0.15) is 5.56 Å². The van der Waals surface area contributed by atoms with E-state index in [-0.39, 0.29) is 5.56 Å². The van der Waals surface area contributed by atoms with Crippen LogP contribution in [0.2, 0.25) is 0 Å². The molecular weight excluding hydrogens is 215 g/mol. The van der Waals surface area contributed by atoms with Gasteiger partial charge in [0.05, 0.1) is 7.11 Å². The number of hydrogen-bond acceptors (Lipinski definition) is 4. The number of methoxy groups -OCH3 is 2. The highest BCUT2D eigenvalue weighted by Crippen LogP contribution is 2.29. The number of esters is 1.